The molecule has 4 nitrogen and oxygen atoms in total. The molecule has 60 valence electrons. The lowest BCUT2D eigenvalue weighted by Crippen LogP contribution is -2.20. The van der Waals surface area contributed by atoms with Crippen molar-refractivity contribution in [2.45, 2.75) is 12.2 Å². The SMILES string of the molecule is ON=C1C=CC(O)C(O)C=C1. The third kappa shape index (κ3) is 1.89. The normalized spacial score (nSPS) is 30.2. The maximum absolute atomic E-state index is 9.05. The molecule has 0 aromatic rings. The zero-order chi connectivity index (χ0) is 8.27. The molecule has 0 fully saturated rings. The average Bonchev–Trinajstić information content (AvgIpc) is 2.16. The van der Waals surface area contributed by atoms with Gasteiger partial charge < -0.3 is 15.4 Å². The second-order valence-electron chi connectivity index (χ2n) is 2.22. The number of nitrogens with zero attached hydrogens (tertiary/aromatic N) is 1. The van der Waals surface area contributed by atoms with E-state index in [0.717, 1.165) is 0 Å². The topological polar surface area (TPSA) is 73.1 Å². The van der Waals surface area contributed by atoms with E-state index < -0.39 is 12.2 Å². The lowest BCUT2D eigenvalue weighted by molar-refractivity contribution is 0.0813. The number of rotatable bonds is 0. The molecule has 0 radical (unpaired) electrons. The van der Waals surface area contributed by atoms with Gasteiger partial charge in [-0.25, -0.2) is 0 Å². The first-order valence-corrected chi connectivity index (χ1v) is 3.18. The summed E-state index contributed by atoms with van der Waals surface area (Å²) in [7, 11) is 0. The Morgan fingerprint density at radius 1 is 1.09 bits per heavy atom. The molecule has 0 heterocycles. The fourth-order valence-corrected chi connectivity index (χ4v) is 0.744. The van der Waals surface area contributed by atoms with Crippen molar-refractivity contribution in [2.24, 2.45) is 5.16 Å². The Morgan fingerprint density at radius 2 is 1.55 bits per heavy atom. The van der Waals surface area contributed by atoms with E-state index in [0.29, 0.717) is 5.71 Å². The molecule has 1 rings (SSSR count). The summed E-state index contributed by atoms with van der Waals surface area (Å²) in [6, 6.07) is 0. The fourth-order valence-electron chi connectivity index (χ4n) is 0.744. The molecule has 0 amide bonds. The lowest BCUT2D eigenvalue weighted by Gasteiger charge is -2.06. The third-order valence-electron chi connectivity index (χ3n) is 1.39. The first kappa shape index (κ1) is 7.97. The van der Waals surface area contributed by atoms with Gasteiger partial charge in [-0.05, 0) is 12.2 Å². The number of allylic oxidation sites excluding steroid dienone is 2. The van der Waals surface area contributed by atoms with Crippen LogP contribution in [-0.4, -0.2) is 33.3 Å². The predicted octanol–water partition coefficient (Wildman–Crippen LogP) is -0.336. The minimum atomic E-state index is -0.925. The highest BCUT2D eigenvalue weighted by Crippen LogP contribution is 2.03. The molecule has 11 heavy (non-hydrogen) atoms. The van der Waals surface area contributed by atoms with E-state index in [9.17, 15) is 0 Å². The predicted molar refractivity (Wildman–Crippen MR) is 39.5 cm³/mol. The molecule has 0 saturated carbocycles. The molecule has 4 heteroatoms. The largest absolute Gasteiger partial charge is 0.410 e. The zero-order valence-corrected chi connectivity index (χ0v) is 5.75. The minimum Gasteiger partial charge on any atom is -0.410 e. The molecule has 0 bridgehead atoms. The summed E-state index contributed by atoms with van der Waals surface area (Å²) >= 11 is 0. The number of hydrogen-bond donors (Lipinski definition) is 3. The van der Waals surface area contributed by atoms with E-state index in [1.807, 2.05) is 0 Å². The van der Waals surface area contributed by atoms with Crippen LogP contribution in [-0.2, 0) is 0 Å². The molecule has 2 atom stereocenters. The van der Waals surface area contributed by atoms with Crippen molar-refractivity contribution in [1.82, 2.24) is 0 Å². The molecule has 0 saturated heterocycles. The Balaban J connectivity index is 2.83. The lowest BCUT2D eigenvalue weighted by atomic mass is 10.2. The number of aliphatic hydroxyl groups is 2. The number of oxime groups is 1. The maximum atomic E-state index is 9.05. The summed E-state index contributed by atoms with van der Waals surface area (Å²) < 4.78 is 0. The number of aliphatic hydroxyl groups excluding tert-OH is 2. The number of hydrogen-bond acceptors (Lipinski definition) is 4. The van der Waals surface area contributed by atoms with Crippen molar-refractivity contribution in [1.29, 1.82) is 0 Å². The van der Waals surface area contributed by atoms with Gasteiger partial charge in [0.15, 0.2) is 0 Å². The summed E-state index contributed by atoms with van der Waals surface area (Å²) in [6.07, 6.45) is 3.73. The van der Waals surface area contributed by atoms with Crippen molar-refractivity contribution in [3.05, 3.63) is 24.3 Å². The molecule has 0 aromatic carbocycles. The highest BCUT2D eigenvalue weighted by atomic mass is 16.4. The molecule has 0 aliphatic heterocycles. The maximum Gasteiger partial charge on any atom is 0.102 e. The van der Waals surface area contributed by atoms with Crippen LogP contribution in [0.3, 0.4) is 0 Å². The average molecular weight is 155 g/mol. The molecule has 1 aliphatic rings. The highest BCUT2D eigenvalue weighted by Gasteiger charge is 2.11. The van der Waals surface area contributed by atoms with Crippen LogP contribution in [0.1, 0.15) is 0 Å². The highest BCUT2D eigenvalue weighted by molar-refractivity contribution is 6.03. The van der Waals surface area contributed by atoms with Gasteiger partial charge in [-0.15, -0.1) is 0 Å². The summed E-state index contributed by atoms with van der Waals surface area (Å²) in [6.45, 7) is 0. The van der Waals surface area contributed by atoms with Crippen molar-refractivity contribution in [3.63, 3.8) is 0 Å². The summed E-state index contributed by atoms with van der Waals surface area (Å²) in [5.41, 5.74) is 0.306. The molecule has 3 N–H and O–H groups in total. The van der Waals surface area contributed by atoms with Gasteiger partial charge in [0.25, 0.3) is 0 Å². The fraction of sp³-hybridized carbons (Fsp3) is 0.286. The third-order valence-corrected chi connectivity index (χ3v) is 1.39. The van der Waals surface area contributed by atoms with E-state index in [2.05, 4.69) is 5.16 Å². The van der Waals surface area contributed by atoms with Crippen LogP contribution >= 0.6 is 0 Å². The van der Waals surface area contributed by atoms with Crippen LogP contribution in [0.2, 0.25) is 0 Å². The quantitative estimate of drug-likeness (QED) is 0.331. The van der Waals surface area contributed by atoms with Gasteiger partial charge in [-0.1, -0.05) is 17.3 Å². The Labute approximate surface area is 63.8 Å². The van der Waals surface area contributed by atoms with Crippen molar-refractivity contribution in [3.8, 4) is 0 Å². The summed E-state index contributed by atoms with van der Waals surface area (Å²) in [5, 5.41) is 29.3. The van der Waals surface area contributed by atoms with Crippen LogP contribution in [0.5, 0.6) is 0 Å². The Bertz CT molecular complexity index is 200. The van der Waals surface area contributed by atoms with E-state index in [1.165, 1.54) is 24.3 Å². The van der Waals surface area contributed by atoms with Crippen molar-refractivity contribution >= 4 is 5.71 Å². The van der Waals surface area contributed by atoms with E-state index >= 15 is 0 Å². The standard InChI is InChI=1S/C7H9NO3/c9-6-3-1-5(8-11)2-4-7(6)10/h1-4,6-7,9-11H. The summed E-state index contributed by atoms with van der Waals surface area (Å²) in [5.74, 6) is 0. The van der Waals surface area contributed by atoms with Crippen LogP contribution in [0, 0.1) is 0 Å². The zero-order valence-electron chi connectivity index (χ0n) is 5.75. The smallest absolute Gasteiger partial charge is 0.102 e. The van der Waals surface area contributed by atoms with Gasteiger partial charge in [-0.2, -0.15) is 0 Å². The van der Waals surface area contributed by atoms with Gasteiger partial charge in [0.2, 0.25) is 0 Å². The van der Waals surface area contributed by atoms with E-state index in [-0.39, 0.29) is 0 Å². The second-order valence-corrected chi connectivity index (χ2v) is 2.22. The molecule has 1 aliphatic carbocycles. The van der Waals surface area contributed by atoms with Gasteiger partial charge in [0.05, 0.1) is 0 Å². The van der Waals surface area contributed by atoms with Gasteiger partial charge in [-0.3, -0.25) is 0 Å². The summed E-state index contributed by atoms with van der Waals surface area (Å²) in [4.78, 5) is 0. The molecule has 0 spiro atoms. The van der Waals surface area contributed by atoms with Crippen molar-refractivity contribution < 1.29 is 15.4 Å². The molecular weight excluding hydrogens is 146 g/mol. The Morgan fingerprint density at radius 3 is 1.91 bits per heavy atom. The Kier molecular flexibility index (Phi) is 2.40. The first-order chi connectivity index (χ1) is 5.24. The van der Waals surface area contributed by atoms with Gasteiger partial charge in [0.1, 0.15) is 17.9 Å². The first-order valence-electron chi connectivity index (χ1n) is 3.18. The monoisotopic (exact) mass is 155 g/mol. The van der Waals surface area contributed by atoms with Crippen LogP contribution < -0.4 is 0 Å². The van der Waals surface area contributed by atoms with E-state index in [4.69, 9.17) is 15.4 Å². The van der Waals surface area contributed by atoms with Crippen LogP contribution in [0.4, 0.5) is 0 Å². The minimum absolute atomic E-state index is 0.306. The molecular formula is C7H9NO3. The van der Waals surface area contributed by atoms with Crippen LogP contribution in [0.25, 0.3) is 0 Å². The molecule has 0 aromatic heterocycles. The van der Waals surface area contributed by atoms with E-state index in [1.54, 1.807) is 0 Å². The molecule has 2 unspecified atom stereocenters. The van der Waals surface area contributed by atoms with Gasteiger partial charge in [0, 0.05) is 0 Å². The Hall–Kier alpha value is -1.13. The van der Waals surface area contributed by atoms with Crippen LogP contribution in [0.15, 0.2) is 29.5 Å². The van der Waals surface area contributed by atoms with Crippen molar-refractivity contribution in [2.75, 3.05) is 0 Å². The second kappa shape index (κ2) is 3.32. The van der Waals surface area contributed by atoms with Gasteiger partial charge >= 0.3 is 0 Å².